The number of carbonyl (C=O) groups is 2. The van der Waals surface area contributed by atoms with Gasteiger partial charge in [0.15, 0.2) is 0 Å². The predicted molar refractivity (Wildman–Crippen MR) is 84.6 cm³/mol. The zero-order chi connectivity index (χ0) is 17.1. The molecule has 0 aliphatic carbocycles. The Bertz CT molecular complexity index is 616. The van der Waals surface area contributed by atoms with Crippen LogP contribution in [0.4, 0.5) is 0 Å². The number of amides is 2. The Morgan fingerprint density at radius 3 is 2.71 bits per heavy atom. The molecular weight excluding hydrogens is 312 g/mol. The summed E-state index contributed by atoms with van der Waals surface area (Å²) in [4.78, 5) is 35.7. The maximum Gasteiger partial charge on any atom is 0.319 e. The lowest BCUT2D eigenvalue weighted by atomic mass is 10.0. The molecule has 1 aromatic heterocycles. The van der Waals surface area contributed by atoms with Gasteiger partial charge in [0.1, 0.15) is 6.10 Å². The maximum absolute atomic E-state index is 12.5. The molecular formula is C16H22N4O4. The van der Waals surface area contributed by atoms with E-state index < -0.39 is 0 Å². The second-order valence-electron chi connectivity index (χ2n) is 6.20. The van der Waals surface area contributed by atoms with E-state index in [9.17, 15) is 9.59 Å². The number of likely N-dealkylation sites (tertiary alicyclic amines) is 2. The van der Waals surface area contributed by atoms with E-state index in [-0.39, 0.29) is 29.8 Å². The molecule has 1 atom stereocenters. The van der Waals surface area contributed by atoms with Gasteiger partial charge in [-0.3, -0.25) is 9.59 Å². The molecule has 130 valence electrons. The molecule has 0 saturated carbocycles. The Morgan fingerprint density at radius 2 is 2.08 bits per heavy atom. The molecule has 2 aliphatic rings. The monoisotopic (exact) mass is 334 g/mol. The first-order valence-electron chi connectivity index (χ1n) is 8.13. The quantitative estimate of drug-likeness (QED) is 0.789. The Kier molecular flexibility index (Phi) is 4.82. The highest BCUT2D eigenvalue weighted by Gasteiger charge is 2.36. The van der Waals surface area contributed by atoms with Crippen LogP contribution in [0.2, 0.25) is 0 Å². The Hall–Kier alpha value is -2.38. The Balaban J connectivity index is 1.50. The summed E-state index contributed by atoms with van der Waals surface area (Å²) in [6, 6.07) is 1.97. The van der Waals surface area contributed by atoms with Crippen LogP contribution in [0.3, 0.4) is 0 Å². The first-order valence-corrected chi connectivity index (χ1v) is 8.13. The molecule has 1 aromatic rings. The van der Waals surface area contributed by atoms with E-state index in [0.29, 0.717) is 31.9 Å². The van der Waals surface area contributed by atoms with Crippen LogP contribution in [-0.4, -0.2) is 71.5 Å². The standard InChI is InChI=1S/C16H22N4O4/c1-19-10-11(9-14(19)21)15(22)20-7-4-12(5-8-20)24-13-3-6-17-16(18-13)23-2/h3,6,11-12H,4-5,7-10H2,1-2H3. The van der Waals surface area contributed by atoms with E-state index in [1.54, 1.807) is 24.2 Å². The molecule has 0 N–H and O–H groups in total. The van der Waals surface area contributed by atoms with Crippen molar-refractivity contribution in [2.24, 2.45) is 5.92 Å². The lowest BCUT2D eigenvalue weighted by molar-refractivity contribution is -0.137. The highest BCUT2D eigenvalue weighted by Crippen LogP contribution is 2.23. The number of aromatic nitrogens is 2. The molecule has 0 bridgehead atoms. The number of nitrogens with zero attached hydrogens (tertiary/aromatic N) is 4. The molecule has 3 heterocycles. The van der Waals surface area contributed by atoms with Crippen LogP contribution < -0.4 is 9.47 Å². The number of hydrogen-bond acceptors (Lipinski definition) is 6. The smallest absolute Gasteiger partial charge is 0.319 e. The van der Waals surface area contributed by atoms with Gasteiger partial charge in [0.2, 0.25) is 17.7 Å². The highest BCUT2D eigenvalue weighted by atomic mass is 16.5. The SMILES string of the molecule is COc1nccc(OC2CCN(C(=O)C3CC(=O)N(C)C3)CC2)n1. The van der Waals surface area contributed by atoms with E-state index in [4.69, 9.17) is 9.47 Å². The van der Waals surface area contributed by atoms with Crippen LogP contribution in [-0.2, 0) is 9.59 Å². The summed E-state index contributed by atoms with van der Waals surface area (Å²) in [7, 11) is 3.25. The average molecular weight is 334 g/mol. The lowest BCUT2D eigenvalue weighted by Crippen LogP contribution is -2.44. The van der Waals surface area contributed by atoms with Crippen molar-refractivity contribution in [3.63, 3.8) is 0 Å². The van der Waals surface area contributed by atoms with Gasteiger partial charge in [-0.15, -0.1) is 0 Å². The van der Waals surface area contributed by atoms with Gasteiger partial charge in [0, 0.05) is 58.2 Å². The van der Waals surface area contributed by atoms with E-state index in [2.05, 4.69) is 9.97 Å². The largest absolute Gasteiger partial charge is 0.474 e. The Morgan fingerprint density at radius 1 is 1.33 bits per heavy atom. The number of piperidine rings is 1. The molecule has 0 aromatic carbocycles. The van der Waals surface area contributed by atoms with Crippen molar-refractivity contribution in [3.8, 4) is 11.9 Å². The van der Waals surface area contributed by atoms with Crippen LogP contribution in [0, 0.1) is 5.92 Å². The third kappa shape index (κ3) is 3.58. The molecule has 0 spiro atoms. The van der Waals surface area contributed by atoms with Crippen LogP contribution in [0.25, 0.3) is 0 Å². The van der Waals surface area contributed by atoms with Gasteiger partial charge in [-0.05, 0) is 0 Å². The molecule has 1 unspecified atom stereocenters. The average Bonchev–Trinajstić information content (AvgIpc) is 2.94. The number of methoxy groups -OCH3 is 1. The summed E-state index contributed by atoms with van der Waals surface area (Å²) < 4.78 is 10.8. The van der Waals surface area contributed by atoms with E-state index in [0.717, 1.165) is 12.8 Å². The molecule has 24 heavy (non-hydrogen) atoms. The van der Waals surface area contributed by atoms with Crippen LogP contribution in [0.15, 0.2) is 12.3 Å². The zero-order valence-corrected chi connectivity index (χ0v) is 14.0. The van der Waals surface area contributed by atoms with Gasteiger partial charge >= 0.3 is 6.01 Å². The molecule has 2 aliphatic heterocycles. The minimum absolute atomic E-state index is 0.0153. The van der Waals surface area contributed by atoms with E-state index in [1.165, 1.54) is 7.11 Å². The predicted octanol–water partition coefficient (Wildman–Crippen LogP) is 0.333. The summed E-state index contributed by atoms with van der Waals surface area (Å²) in [6.45, 7) is 1.80. The summed E-state index contributed by atoms with van der Waals surface area (Å²) >= 11 is 0. The normalized spacial score (nSPS) is 21.9. The maximum atomic E-state index is 12.5. The number of rotatable bonds is 4. The Labute approximate surface area is 140 Å². The van der Waals surface area contributed by atoms with Gasteiger partial charge in [-0.25, -0.2) is 4.98 Å². The summed E-state index contributed by atoms with van der Waals surface area (Å²) in [5, 5.41) is 0. The fourth-order valence-corrected chi connectivity index (χ4v) is 3.14. The zero-order valence-electron chi connectivity index (χ0n) is 14.0. The van der Waals surface area contributed by atoms with Gasteiger partial charge < -0.3 is 19.3 Å². The number of carbonyl (C=O) groups excluding carboxylic acids is 2. The summed E-state index contributed by atoms with van der Waals surface area (Å²) in [6.07, 6.45) is 3.42. The molecule has 8 heteroatoms. The van der Waals surface area contributed by atoms with Crippen LogP contribution >= 0.6 is 0 Å². The second-order valence-corrected chi connectivity index (χ2v) is 6.20. The molecule has 2 fully saturated rings. The summed E-state index contributed by atoms with van der Waals surface area (Å²) in [5.41, 5.74) is 0. The molecule has 2 saturated heterocycles. The van der Waals surface area contributed by atoms with Crippen molar-refractivity contribution in [1.29, 1.82) is 0 Å². The van der Waals surface area contributed by atoms with Gasteiger partial charge in [-0.1, -0.05) is 0 Å². The van der Waals surface area contributed by atoms with Crippen molar-refractivity contribution in [2.45, 2.75) is 25.4 Å². The van der Waals surface area contributed by atoms with E-state index in [1.807, 2.05) is 4.90 Å². The summed E-state index contributed by atoms with van der Waals surface area (Å²) in [5.74, 6) is 0.403. The van der Waals surface area contributed by atoms with Crippen LogP contribution in [0.5, 0.6) is 11.9 Å². The third-order valence-electron chi connectivity index (χ3n) is 4.52. The lowest BCUT2D eigenvalue weighted by Gasteiger charge is -2.33. The van der Waals surface area contributed by atoms with Crippen molar-refractivity contribution in [1.82, 2.24) is 19.8 Å². The fraction of sp³-hybridized carbons (Fsp3) is 0.625. The van der Waals surface area contributed by atoms with Crippen molar-refractivity contribution in [2.75, 3.05) is 33.8 Å². The number of hydrogen-bond donors (Lipinski definition) is 0. The first-order chi connectivity index (χ1) is 11.6. The fourth-order valence-electron chi connectivity index (χ4n) is 3.14. The van der Waals surface area contributed by atoms with Gasteiger partial charge in [0.05, 0.1) is 13.0 Å². The first kappa shape index (κ1) is 16.5. The number of ether oxygens (including phenoxy) is 2. The van der Waals surface area contributed by atoms with Crippen LogP contribution in [0.1, 0.15) is 19.3 Å². The van der Waals surface area contributed by atoms with Crippen molar-refractivity contribution in [3.05, 3.63) is 12.3 Å². The molecule has 3 rings (SSSR count). The highest BCUT2D eigenvalue weighted by molar-refractivity contribution is 5.89. The van der Waals surface area contributed by atoms with E-state index >= 15 is 0 Å². The third-order valence-corrected chi connectivity index (χ3v) is 4.52. The topological polar surface area (TPSA) is 84.9 Å². The molecule has 0 radical (unpaired) electrons. The minimum Gasteiger partial charge on any atom is -0.474 e. The van der Waals surface area contributed by atoms with Crippen molar-refractivity contribution >= 4 is 11.8 Å². The minimum atomic E-state index is -0.203. The van der Waals surface area contributed by atoms with Gasteiger partial charge in [0.25, 0.3) is 0 Å². The molecule has 8 nitrogen and oxygen atoms in total. The van der Waals surface area contributed by atoms with Gasteiger partial charge in [-0.2, -0.15) is 4.98 Å². The van der Waals surface area contributed by atoms with Crippen molar-refractivity contribution < 1.29 is 19.1 Å². The second kappa shape index (κ2) is 7.02. The molecule has 2 amide bonds.